The second-order valence-corrected chi connectivity index (χ2v) is 3.51. The highest BCUT2D eigenvalue weighted by Crippen LogP contribution is 2.28. The van der Waals surface area contributed by atoms with Gasteiger partial charge in [-0.25, -0.2) is 4.79 Å². The normalized spacial score (nSPS) is 11.2. The summed E-state index contributed by atoms with van der Waals surface area (Å²) >= 11 is 0.674. The number of carbonyl (C=O) groups is 1. The number of rotatable bonds is 3. The summed E-state index contributed by atoms with van der Waals surface area (Å²) in [6.45, 7) is -1.27. The predicted octanol–water partition coefficient (Wildman–Crippen LogP) is 1.49. The van der Waals surface area contributed by atoms with Gasteiger partial charge in [-0.1, -0.05) is 0 Å². The molecule has 0 amide bonds. The van der Waals surface area contributed by atoms with Crippen molar-refractivity contribution in [1.29, 1.82) is 0 Å². The van der Waals surface area contributed by atoms with Gasteiger partial charge in [-0.15, -0.1) is 0 Å². The molecule has 90 valence electrons. The summed E-state index contributed by atoms with van der Waals surface area (Å²) in [4.78, 5) is 11.2. The van der Waals surface area contributed by atoms with Crippen LogP contribution in [-0.2, 0) is 4.74 Å². The zero-order valence-electron chi connectivity index (χ0n) is 8.09. The van der Waals surface area contributed by atoms with E-state index in [-0.39, 0.29) is 16.4 Å². The number of ether oxygens (including phenoxy) is 1. The monoisotopic (exact) mass is 255 g/mol. The lowest BCUT2D eigenvalue weighted by Crippen LogP contribution is -2.22. The number of nitrogen functional groups attached to an aromatic ring is 1. The highest BCUT2D eigenvalue weighted by atomic mass is 32.1. The topological polar surface area (TPSA) is 77.2 Å². The van der Waals surface area contributed by atoms with Crippen LogP contribution in [0.25, 0.3) is 0 Å². The maximum atomic E-state index is 11.9. The molecular weight excluding hydrogens is 247 g/mol. The van der Waals surface area contributed by atoms with Gasteiger partial charge in [0.25, 0.3) is 0 Å². The Kier molecular flexibility index (Phi) is 3.58. The second kappa shape index (κ2) is 4.56. The second-order valence-electron chi connectivity index (χ2n) is 2.73. The van der Waals surface area contributed by atoms with Crippen molar-refractivity contribution >= 4 is 28.3 Å². The first kappa shape index (κ1) is 12.6. The van der Waals surface area contributed by atoms with Gasteiger partial charge in [-0.3, -0.25) is 0 Å². The van der Waals surface area contributed by atoms with E-state index in [2.05, 4.69) is 9.11 Å². The van der Waals surface area contributed by atoms with Gasteiger partial charge in [0.05, 0.1) is 7.11 Å². The Morgan fingerprint density at radius 1 is 1.62 bits per heavy atom. The van der Waals surface area contributed by atoms with E-state index in [4.69, 9.17) is 5.73 Å². The molecule has 3 N–H and O–H groups in total. The molecule has 5 nitrogen and oxygen atoms in total. The van der Waals surface area contributed by atoms with Gasteiger partial charge in [-0.2, -0.15) is 17.5 Å². The highest BCUT2D eigenvalue weighted by Gasteiger charge is 2.29. The van der Waals surface area contributed by atoms with E-state index in [1.807, 2.05) is 5.32 Å². The quantitative estimate of drug-likeness (QED) is 0.800. The Labute approximate surface area is 92.6 Å². The predicted molar refractivity (Wildman–Crippen MR) is 52.4 cm³/mol. The number of carbonyl (C=O) groups excluding carboxylic acids is 1. The number of nitrogens with two attached hydrogens (primary N) is 1. The summed E-state index contributed by atoms with van der Waals surface area (Å²) in [5.74, 6) is -0.975. The average molecular weight is 255 g/mol. The Morgan fingerprint density at radius 2 is 2.25 bits per heavy atom. The third-order valence-electron chi connectivity index (χ3n) is 1.56. The van der Waals surface area contributed by atoms with E-state index < -0.39 is 18.7 Å². The molecule has 0 aliphatic heterocycles. The lowest BCUT2D eigenvalue weighted by atomic mass is 10.3. The van der Waals surface area contributed by atoms with Crippen LogP contribution in [0.15, 0.2) is 0 Å². The first-order valence-electron chi connectivity index (χ1n) is 3.99. The van der Waals surface area contributed by atoms with Crippen molar-refractivity contribution in [1.82, 2.24) is 4.37 Å². The summed E-state index contributed by atoms with van der Waals surface area (Å²) in [5, 5.41) is 1.99. The molecule has 1 heterocycles. The summed E-state index contributed by atoms with van der Waals surface area (Å²) in [6, 6.07) is 0. The first-order chi connectivity index (χ1) is 7.35. The molecule has 0 spiro atoms. The molecule has 1 aromatic rings. The van der Waals surface area contributed by atoms with Gasteiger partial charge in [-0.05, 0) is 11.5 Å². The zero-order chi connectivity index (χ0) is 12.3. The number of esters is 1. The number of halogens is 3. The van der Waals surface area contributed by atoms with Gasteiger partial charge < -0.3 is 15.8 Å². The number of nitrogens with one attached hydrogen (secondary N) is 1. The Bertz CT molecular complexity index is 391. The Hall–Kier alpha value is -1.51. The van der Waals surface area contributed by atoms with E-state index in [9.17, 15) is 18.0 Å². The molecule has 0 radical (unpaired) electrons. The van der Waals surface area contributed by atoms with Gasteiger partial charge in [0.2, 0.25) is 0 Å². The number of alkyl halides is 3. The standard InChI is InChI=1S/C7H8F3N3O2S/c1-15-6(14)3-4(11)13-16-5(3)12-2-7(8,9)10/h12H,2H2,1H3,(H2,11,13). The number of anilines is 2. The van der Waals surface area contributed by atoms with Crippen molar-refractivity contribution in [2.75, 3.05) is 24.7 Å². The molecule has 0 aliphatic rings. The Morgan fingerprint density at radius 3 is 2.75 bits per heavy atom. The van der Waals surface area contributed by atoms with Crippen LogP contribution < -0.4 is 11.1 Å². The van der Waals surface area contributed by atoms with E-state index in [0.717, 1.165) is 7.11 Å². The fourth-order valence-electron chi connectivity index (χ4n) is 0.903. The Balaban J connectivity index is 2.85. The fraction of sp³-hybridized carbons (Fsp3) is 0.429. The van der Waals surface area contributed by atoms with E-state index >= 15 is 0 Å². The largest absolute Gasteiger partial charge is 0.465 e. The van der Waals surface area contributed by atoms with E-state index in [1.165, 1.54) is 0 Å². The molecule has 1 rings (SSSR count). The molecule has 0 fully saturated rings. The minimum absolute atomic E-state index is 0.0540. The van der Waals surface area contributed by atoms with Crippen molar-refractivity contribution in [3.05, 3.63) is 5.56 Å². The lowest BCUT2D eigenvalue weighted by molar-refractivity contribution is -0.115. The van der Waals surface area contributed by atoms with Crippen molar-refractivity contribution in [3.8, 4) is 0 Å². The third kappa shape index (κ3) is 2.99. The van der Waals surface area contributed by atoms with Crippen molar-refractivity contribution in [3.63, 3.8) is 0 Å². The van der Waals surface area contributed by atoms with Crippen LogP contribution in [0.3, 0.4) is 0 Å². The van der Waals surface area contributed by atoms with Gasteiger partial charge >= 0.3 is 12.1 Å². The SMILES string of the molecule is COC(=O)c1c(N)nsc1NCC(F)(F)F. The molecule has 0 atom stereocenters. The van der Waals surface area contributed by atoms with Crippen LogP contribution in [0.2, 0.25) is 0 Å². The van der Waals surface area contributed by atoms with Crippen LogP contribution in [-0.4, -0.2) is 30.2 Å². The summed E-state index contributed by atoms with van der Waals surface area (Å²) in [6.07, 6.45) is -4.38. The molecule has 0 aromatic carbocycles. The average Bonchev–Trinajstić information content (AvgIpc) is 2.54. The number of hydrogen-bond acceptors (Lipinski definition) is 6. The third-order valence-corrected chi connectivity index (χ3v) is 2.38. The lowest BCUT2D eigenvalue weighted by Gasteiger charge is -2.08. The molecule has 0 bridgehead atoms. The van der Waals surface area contributed by atoms with Crippen molar-refractivity contribution in [2.24, 2.45) is 0 Å². The molecule has 1 aromatic heterocycles. The molecule has 0 unspecified atom stereocenters. The van der Waals surface area contributed by atoms with Crippen LogP contribution in [0.5, 0.6) is 0 Å². The van der Waals surface area contributed by atoms with Crippen molar-refractivity contribution in [2.45, 2.75) is 6.18 Å². The molecule has 0 saturated carbocycles. The fourth-order valence-corrected chi connectivity index (χ4v) is 1.60. The van der Waals surface area contributed by atoms with Gasteiger partial charge in [0.1, 0.15) is 17.1 Å². The van der Waals surface area contributed by atoms with E-state index in [1.54, 1.807) is 0 Å². The van der Waals surface area contributed by atoms with E-state index in [0.29, 0.717) is 11.5 Å². The molecule has 9 heteroatoms. The molecule has 0 aliphatic carbocycles. The minimum Gasteiger partial charge on any atom is -0.465 e. The maximum Gasteiger partial charge on any atom is 0.405 e. The van der Waals surface area contributed by atoms with Gasteiger partial charge in [0, 0.05) is 0 Å². The highest BCUT2D eigenvalue weighted by molar-refractivity contribution is 7.11. The summed E-state index contributed by atoms with van der Waals surface area (Å²) in [5.41, 5.74) is 5.16. The molecular formula is C7H8F3N3O2S. The smallest absolute Gasteiger partial charge is 0.405 e. The number of methoxy groups -OCH3 is 1. The summed E-state index contributed by atoms with van der Waals surface area (Å²) < 4.78 is 43.8. The van der Waals surface area contributed by atoms with Crippen LogP contribution in [0, 0.1) is 0 Å². The molecule has 16 heavy (non-hydrogen) atoms. The number of hydrogen-bond donors (Lipinski definition) is 2. The zero-order valence-corrected chi connectivity index (χ0v) is 8.91. The number of nitrogens with zero attached hydrogens (tertiary/aromatic N) is 1. The molecule has 0 saturated heterocycles. The van der Waals surface area contributed by atoms with Gasteiger partial charge in [0.15, 0.2) is 5.82 Å². The van der Waals surface area contributed by atoms with Crippen molar-refractivity contribution < 1.29 is 22.7 Å². The van der Waals surface area contributed by atoms with Crippen LogP contribution in [0.1, 0.15) is 10.4 Å². The number of aromatic nitrogens is 1. The summed E-state index contributed by atoms with van der Waals surface area (Å²) in [7, 11) is 1.10. The van der Waals surface area contributed by atoms with Crippen LogP contribution >= 0.6 is 11.5 Å². The minimum atomic E-state index is -4.38. The first-order valence-corrected chi connectivity index (χ1v) is 4.76. The maximum absolute atomic E-state index is 11.9. The van der Waals surface area contributed by atoms with Crippen LogP contribution in [0.4, 0.5) is 24.0 Å².